The van der Waals surface area contributed by atoms with Crippen molar-refractivity contribution in [1.82, 2.24) is 9.97 Å². The molecule has 2 nitrogen and oxygen atoms in total. The molecule has 0 spiro atoms. The van der Waals surface area contributed by atoms with Gasteiger partial charge in [0.15, 0.2) is 0 Å². The zero-order chi connectivity index (χ0) is 9.38. The molecule has 14 heavy (non-hydrogen) atoms. The van der Waals surface area contributed by atoms with Crippen LogP contribution in [0.5, 0.6) is 0 Å². The highest BCUT2D eigenvalue weighted by molar-refractivity contribution is 6.03. The summed E-state index contributed by atoms with van der Waals surface area (Å²) < 4.78 is 0. The zero-order valence-corrected chi connectivity index (χ0v) is 7.44. The van der Waals surface area contributed by atoms with Crippen molar-refractivity contribution < 1.29 is 0 Å². The molecule has 0 saturated heterocycles. The van der Waals surface area contributed by atoms with Crippen LogP contribution < -0.4 is 0 Å². The number of benzene rings is 1. The molecular formula is C12H7N2. The van der Waals surface area contributed by atoms with Crippen LogP contribution in [0.15, 0.2) is 42.6 Å². The van der Waals surface area contributed by atoms with E-state index in [-0.39, 0.29) is 0 Å². The Kier molecular flexibility index (Phi) is 1.47. The zero-order valence-electron chi connectivity index (χ0n) is 7.44. The smallest absolute Gasteiger partial charge is 0.118 e. The summed E-state index contributed by atoms with van der Waals surface area (Å²) in [5, 5.41) is 2.24. The number of fused-ring (bicyclic) bond motifs is 3. The van der Waals surface area contributed by atoms with Crippen LogP contribution >= 0.6 is 0 Å². The number of hydrogen-bond donors (Lipinski definition) is 0. The molecule has 0 aliphatic rings. The number of hydrogen-bond acceptors (Lipinski definition) is 2. The molecule has 3 aromatic rings. The minimum atomic E-state index is 0.825. The van der Waals surface area contributed by atoms with Crippen molar-refractivity contribution in [3.63, 3.8) is 0 Å². The summed E-state index contributed by atoms with van der Waals surface area (Å²) >= 11 is 0. The van der Waals surface area contributed by atoms with E-state index in [0.717, 1.165) is 21.8 Å². The Labute approximate surface area is 81.2 Å². The first kappa shape index (κ1) is 7.44. The third-order valence-corrected chi connectivity index (χ3v) is 2.28. The minimum Gasteiger partial charge on any atom is -0.254 e. The molecule has 1 aromatic carbocycles. The van der Waals surface area contributed by atoms with E-state index in [9.17, 15) is 0 Å². The van der Waals surface area contributed by atoms with E-state index >= 15 is 0 Å². The average Bonchev–Trinajstić information content (AvgIpc) is 2.29. The molecule has 0 aliphatic heterocycles. The van der Waals surface area contributed by atoms with E-state index in [4.69, 9.17) is 0 Å². The summed E-state index contributed by atoms with van der Waals surface area (Å²) in [6.45, 7) is 0. The first-order chi connectivity index (χ1) is 6.95. The molecule has 1 radical (unpaired) electrons. The van der Waals surface area contributed by atoms with Gasteiger partial charge in [0.25, 0.3) is 0 Å². The summed E-state index contributed by atoms with van der Waals surface area (Å²) in [5.41, 5.74) is 1.79. The van der Waals surface area contributed by atoms with Crippen LogP contribution in [-0.2, 0) is 0 Å². The molecule has 0 N–H and O–H groups in total. The van der Waals surface area contributed by atoms with Gasteiger partial charge in [-0.3, -0.25) is 4.98 Å². The lowest BCUT2D eigenvalue weighted by molar-refractivity contribution is 1.35. The van der Waals surface area contributed by atoms with Crippen molar-refractivity contribution in [3.8, 4) is 0 Å². The Hall–Kier alpha value is -1.96. The molecule has 0 bridgehead atoms. The highest BCUT2D eigenvalue weighted by atomic mass is 14.7. The van der Waals surface area contributed by atoms with Crippen LogP contribution in [0.1, 0.15) is 0 Å². The van der Waals surface area contributed by atoms with E-state index in [1.165, 1.54) is 0 Å². The molecule has 0 amide bonds. The van der Waals surface area contributed by atoms with E-state index in [1.807, 2.05) is 30.3 Å². The maximum absolute atomic E-state index is 4.22. The Morgan fingerprint density at radius 3 is 2.79 bits per heavy atom. The predicted octanol–water partition coefficient (Wildman–Crippen LogP) is 2.58. The second-order valence-corrected chi connectivity index (χ2v) is 3.14. The molecule has 65 valence electrons. The molecule has 0 aliphatic carbocycles. The van der Waals surface area contributed by atoms with Crippen LogP contribution in [-0.4, -0.2) is 9.97 Å². The van der Waals surface area contributed by atoms with Crippen molar-refractivity contribution in [1.29, 1.82) is 0 Å². The van der Waals surface area contributed by atoms with Gasteiger partial charge in [-0.15, -0.1) is 0 Å². The van der Waals surface area contributed by atoms with Crippen molar-refractivity contribution in [2.24, 2.45) is 0 Å². The van der Waals surface area contributed by atoms with Gasteiger partial charge in [0.1, 0.15) is 6.20 Å². The number of aromatic nitrogens is 2. The fraction of sp³-hybridized carbons (Fsp3) is 0. The molecular weight excluding hydrogens is 172 g/mol. The van der Waals surface area contributed by atoms with Gasteiger partial charge in [0.2, 0.25) is 0 Å². The largest absolute Gasteiger partial charge is 0.254 e. The monoisotopic (exact) mass is 179 g/mol. The topological polar surface area (TPSA) is 25.8 Å². The van der Waals surface area contributed by atoms with Gasteiger partial charge in [-0.25, -0.2) is 4.98 Å². The van der Waals surface area contributed by atoms with E-state index in [0.29, 0.717) is 0 Å². The summed E-state index contributed by atoms with van der Waals surface area (Å²) in [5.74, 6) is 0. The van der Waals surface area contributed by atoms with Crippen molar-refractivity contribution >= 4 is 21.8 Å². The van der Waals surface area contributed by atoms with Crippen LogP contribution in [0.25, 0.3) is 21.8 Å². The van der Waals surface area contributed by atoms with Gasteiger partial charge in [0, 0.05) is 17.0 Å². The number of pyridine rings is 2. The van der Waals surface area contributed by atoms with Gasteiger partial charge in [0.05, 0.1) is 11.0 Å². The van der Waals surface area contributed by atoms with Crippen LogP contribution in [0.3, 0.4) is 0 Å². The molecule has 3 rings (SSSR count). The van der Waals surface area contributed by atoms with E-state index in [2.05, 4.69) is 22.2 Å². The lowest BCUT2D eigenvalue weighted by Crippen LogP contribution is -1.83. The third-order valence-electron chi connectivity index (χ3n) is 2.28. The van der Waals surface area contributed by atoms with Gasteiger partial charge >= 0.3 is 0 Å². The maximum Gasteiger partial charge on any atom is 0.118 e. The molecule has 0 unspecified atom stereocenters. The SMILES string of the molecule is [c]1nc2ccccc2c2cccnc12. The predicted molar refractivity (Wildman–Crippen MR) is 55.9 cm³/mol. The van der Waals surface area contributed by atoms with Crippen LogP contribution in [0.2, 0.25) is 0 Å². The minimum absolute atomic E-state index is 0.825. The maximum atomic E-state index is 4.22. The molecule has 2 heteroatoms. The highest BCUT2D eigenvalue weighted by Gasteiger charge is 2.00. The molecule has 0 atom stereocenters. The number of para-hydroxylation sites is 1. The van der Waals surface area contributed by atoms with E-state index in [1.54, 1.807) is 6.20 Å². The summed E-state index contributed by atoms with van der Waals surface area (Å²) in [4.78, 5) is 8.44. The fourth-order valence-electron chi connectivity index (χ4n) is 1.62. The lowest BCUT2D eigenvalue weighted by atomic mass is 10.1. The Morgan fingerprint density at radius 1 is 0.929 bits per heavy atom. The van der Waals surface area contributed by atoms with Gasteiger partial charge in [-0.05, 0) is 12.1 Å². The van der Waals surface area contributed by atoms with Crippen molar-refractivity contribution in [2.45, 2.75) is 0 Å². The van der Waals surface area contributed by atoms with Gasteiger partial charge in [-0.2, -0.15) is 0 Å². The van der Waals surface area contributed by atoms with Crippen LogP contribution in [0, 0.1) is 6.20 Å². The Bertz CT molecular complexity index is 547. The lowest BCUT2D eigenvalue weighted by Gasteiger charge is -1.99. The first-order valence-electron chi connectivity index (χ1n) is 4.46. The molecule has 0 saturated carbocycles. The summed E-state index contributed by atoms with van der Waals surface area (Å²) in [7, 11) is 0. The molecule has 2 heterocycles. The van der Waals surface area contributed by atoms with Crippen molar-refractivity contribution in [3.05, 3.63) is 48.8 Å². The van der Waals surface area contributed by atoms with Gasteiger partial charge in [-0.1, -0.05) is 24.3 Å². The first-order valence-corrected chi connectivity index (χ1v) is 4.46. The standard InChI is InChI=1S/C12H7N2/c1-2-6-11-9(4-1)10-5-3-7-13-12(10)8-14-11/h1-7H. The second-order valence-electron chi connectivity index (χ2n) is 3.14. The Balaban J connectivity index is 2.61. The third kappa shape index (κ3) is 0.973. The quantitative estimate of drug-likeness (QED) is 0.496. The van der Waals surface area contributed by atoms with Gasteiger partial charge < -0.3 is 0 Å². The average molecular weight is 179 g/mol. The summed E-state index contributed by atoms with van der Waals surface area (Å²) in [6, 6.07) is 12.0. The molecule has 2 aromatic heterocycles. The highest BCUT2D eigenvalue weighted by Crippen LogP contribution is 2.20. The fourth-order valence-corrected chi connectivity index (χ4v) is 1.62. The van der Waals surface area contributed by atoms with E-state index < -0.39 is 0 Å². The number of rotatable bonds is 0. The van der Waals surface area contributed by atoms with Crippen LogP contribution in [0.4, 0.5) is 0 Å². The second kappa shape index (κ2) is 2.77. The Morgan fingerprint density at radius 2 is 1.79 bits per heavy atom. The van der Waals surface area contributed by atoms with Crippen molar-refractivity contribution in [2.75, 3.05) is 0 Å². The number of nitrogens with zero attached hydrogens (tertiary/aromatic N) is 2. The summed E-state index contributed by atoms with van der Waals surface area (Å²) in [6.07, 6.45) is 4.69. The molecule has 0 fully saturated rings. The normalized spacial score (nSPS) is 10.9.